The molecule has 0 amide bonds. The number of methoxy groups -OCH3 is 2. The van der Waals surface area contributed by atoms with Gasteiger partial charge in [-0.15, -0.1) is 0 Å². The van der Waals surface area contributed by atoms with Crippen LogP contribution < -0.4 is 19.6 Å². The number of carbonyl (C=O) groups excluding carboxylic acids is 1. The van der Waals surface area contributed by atoms with Crippen molar-refractivity contribution in [3.05, 3.63) is 91.6 Å². The third kappa shape index (κ3) is 4.16. The van der Waals surface area contributed by atoms with Crippen LogP contribution in [0.15, 0.2) is 69.9 Å². The molecule has 1 heterocycles. The molecule has 10 heteroatoms. The summed E-state index contributed by atoms with van der Waals surface area (Å²) >= 11 is 6.04. The molecule has 34 heavy (non-hydrogen) atoms. The zero-order valence-electron chi connectivity index (χ0n) is 17.9. The molecule has 172 valence electrons. The van der Waals surface area contributed by atoms with Crippen LogP contribution in [0.3, 0.4) is 0 Å². The van der Waals surface area contributed by atoms with Crippen LogP contribution in [0.5, 0.6) is 17.2 Å². The highest BCUT2D eigenvalue weighted by atomic mass is 35.5. The van der Waals surface area contributed by atoms with Crippen molar-refractivity contribution in [1.82, 2.24) is 0 Å². The van der Waals surface area contributed by atoms with E-state index in [1.165, 1.54) is 44.6 Å². The molecule has 0 aliphatic heterocycles. The predicted octanol–water partition coefficient (Wildman–Crippen LogP) is 5.26. The second kappa shape index (κ2) is 9.24. The lowest BCUT2D eigenvalue weighted by molar-refractivity contribution is -0.385. The van der Waals surface area contributed by atoms with Gasteiger partial charge in [-0.25, -0.2) is 4.79 Å². The number of rotatable bonds is 6. The molecule has 4 aromatic rings. The van der Waals surface area contributed by atoms with Gasteiger partial charge in [0.25, 0.3) is 5.69 Å². The van der Waals surface area contributed by atoms with E-state index in [4.69, 9.17) is 30.2 Å². The van der Waals surface area contributed by atoms with Gasteiger partial charge in [0.2, 0.25) is 11.2 Å². The summed E-state index contributed by atoms with van der Waals surface area (Å²) in [5, 5.41) is 11.7. The minimum atomic E-state index is -1.09. The molecule has 0 atom stereocenters. The standard InChI is InChI=1S/C24H16ClNO8/c1-31-19-9-7-13(11-20(19)32-2)22-23(21(27)16-12-14(25)8-10-18(16)33-22)34-24(28)15-5-3-4-6-17(15)26(29)30/h3-12H,1-2H3. The number of fused-ring (bicyclic) bond motifs is 1. The summed E-state index contributed by atoms with van der Waals surface area (Å²) < 4.78 is 21.9. The molecule has 1 aromatic heterocycles. The topological polar surface area (TPSA) is 118 Å². The van der Waals surface area contributed by atoms with E-state index in [2.05, 4.69) is 0 Å². The van der Waals surface area contributed by atoms with E-state index in [-0.39, 0.29) is 27.3 Å². The minimum absolute atomic E-state index is 0.0714. The number of hydrogen-bond donors (Lipinski definition) is 0. The number of ether oxygens (including phenoxy) is 3. The van der Waals surface area contributed by atoms with Crippen LogP contribution in [0.4, 0.5) is 5.69 Å². The first-order chi connectivity index (χ1) is 16.3. The molecular formula is C24H16ClNO8. The van der Waals surface area contributed by atoms with E-state index in [0.29, 0.717) is 17.1 Å². The van der Waals surface area contributed by atoms with Gasteiger partial charge in [0, 0.05) is 16.7 Å². The van der Waals surface area contributed by atoms with Crippen LogP contribution in [-0.4, -0.2) is 25.1 Å². The maximum Gasteiger partial charge on any atom is 0.350 e. The Morgan fingerprint density at radius 1 is 1.00 bits per heavy atom. The van der Waals surface area contributed by atoms with Crippen molar-refractivity contribution in [2.45, 2.75) is 0 Å². The van der Waals surface area contributed by atoms with Crippen molar-refractivity contribution in [2.24, 2.45) is 0 Å². The third-order valence-corrected chi connectivity index (χ3v) is 5.21. The van der Waals surface area contributed by atoms with E-state index in [9.17, 15) is 19.7 Å². The average molecular weight is 482 g/mol. The van der Waals surface area contributed by atoms with E-state index in [1.807, 2.05) is 0 Å². The minimum Gasteiger partial charge on any atom is -0.493 e. The number of nitro groups is 1. The second-order valence-corrected chi connectivity index (χ2v) is 7.40. The summed E-state index contributed by atoms with van der Waals surface area (Å²) in [6.45, 7) is 0. The maximum absolute atomic E-state index is 13.4. The zero-order chi connectivity index (χ0) is 24.4. The van der Waals surface area contributed by atoms with Crippen LogP contribution in [0, 0.1) is 10.1 Å². The lowest BCUT2D eigenvalue weighted by Crippen LogP contribution is -2.17. The zero-order valence-corrected chi connectivity index (χ0v) is 18.6. The van der Waals surface area contributed by atoms with E-state index in [0.717, 1.165) is 6.07 Å². The van der Waals surface area contributed by atoms with Gasteiger partial charge in [-0.1, -0.05) is 23.7 Å². The van der Waals surface area contributed by atoms with Crippen LogP contribution in [0.25, 0.3) is 22.3 Å². The molecule has 9 nitrogen and oxygen atoms in total. The number of nitro benzene ring substituents is 1. The Hall–Kier alpha value is -4.37. The number of carbonyl (C=O) groups is 1. The predicted molar refractivity (Wildman–Crippen MR) is 124 cm³/mol. The van der Waals surface area contributed by atoms with Crippen molar-refractivity contribution >= 4 is 34.2 Å². The lowest BCUT2D eigenvalue weighted by Gasteiger charge is -2.13. The fourth-order valence-electron chi connectivity index (χ4n) is 3.36. The monoisotopic (exact) mass is 481 g/mol. The van der Waals surface area contributed by atoms with Gasteiger partial charge in [0.05, 0.1) is 24.5 Å². The van der Waals surface area contributed by atoms with Crippen LogP contribution in [-0.2, 0) is 0 Å². The summed E-state index contributed by atoms with van der Waals surface area (Å²) in [7, 11) is 2.91. The molecular weight excluding hydrogens is 466 g/mol. The highest BCUT2D eigenvalue weighted by Gasteiger charge is 2.26. The van der Waals surface area contributed by atoms with Crippen molar-refractivity contribution in [1.29, 1.82) is 0 Å². The Labute approximate surface area is 197 Å². The third-order valence-electron chi connectivity index (χ3n) is 4.97. The second-order valence-electron chi connectivity index (χ2n) is 6.96. The first-order valence-corrected chi connectivity index (χ1v) is 10.2. The average Bonchev–Trinajstić information content (AvgIpc) is 2.85. The molecule has 0 saturated carbocycles. The fraction of sp³-hybridized carbons (Fsp3) is 0.0833. The summed E-state index contributed by atoms with van der Waals surface area (Å²) in [4.78, 5) is 36.9. The highest BCUT2D eigenvalue weighted by Crippen LogP contribution is 2.37. The van der Waals surface area contributed by atoms with Gasteiger partial charge in [-0.3, -0.25) is 14.9 Å². The van der Waals surface area contributed by atoms with Gasteiger partial charge in [-0.05, 0) is 42.5 Å². The molecule has 0 radical (unpaired) electrons. The van der Waals surface area contributed by atoms with Crippen LogP contribution in [0.1, 0.15) is 10.4 Å². The number of halogens is 1. The molecule has 4 rings (SSSR count). The lowest BCUT2D eigenvalue weighted by atomic mass is 10.1. The Bertz CT molecular complexity index is 1490. The first-order valence-electron chi connectivity index (χ1n) is 9.78. The van der Waals surface area contributed by atoms with Gasteiger partial charge in [-0.2, -0.15) is 0 Å². The molecule has 0 spiro atoms. The molecule has 0 aliphatic rings. The van der Waals surface area contributed by atoms with Gasteiger partial charge in [0.15, 0.2) is 17.3 Å². The largest absolute Gasteiger partial charge is 0.493 e. The number of esters is 1. The fourth-order valence-corrected chi connectivity index (χ4v) is 3.54. The maximum atomic E-state index is 13.4. The highest BCUT2D eigenvalue weighted by molar-refractivity contribution is 6.31. The number of nitrogens with zero attached hydrogens (tertiary/aromatic N) is 1. The molecule has 0 unspecified atom stereocenters. The van der Waals surface area contributed by atoms with Gasteiger partial charge in [0.1, 0.15) is 11.1 Å². The summed E-state index contributed by atoms with van der Waals surface area (Å²) in [6.07, 6.45) is 0. The first kappa shape index (κ1) is 22.8. The smallest absolute Gasteiger partial charge is 0.350 e. The molecule has 3 aromatic carbocycles. The van der Waals surface area contributed by atoms with Crippen molar-refractivity contribution in [3.63, 3.8) is 0 Å². The van der Waals surface area contributed by atoms with Crippen molar-refractivity contribution in [3.8, 4) is 28.6 Å². The summed E-state index contributed by atoms with van der Waals surface area (Å²) in [6, 6.07) is 14.4. The van der Waals surface area contributed by atoms with Crippen molar-refractivity contribution < 1.29 is 28.3 Å². The molecule has 0 fully saturated rings. The molecule has 0 N–H and O–H groups in total. The molecule has 0 aliphatic carbocycles. The summed E-state index contributed by atoms with van der Waals surface area (Å²) in [5.41, 5.74) is -0.924. The normalized spacial score (nSPS) is 10.7. The van der Waals surface area contributed by atoms with Gasteiger partial charge < -0.3 is 18.6 Å². The van der Waals surface area contributed by atoms with E-state index in [1.54, 1.807) is 24.3 Å². The van der Waals surface area contributed by atoms with Crippen molar-refractivity contribution in [2.75, 3.05) is 14.2 Å². The molecule has 0 saturated heterocycles. The summed E-state index contributed by atoms with van der Waals surface area (Å²) in [5.74, 6) is -0.852. The van der Waals surface area contributed by atoms with Crippen LogP contribution in [0.2, 0.25) is 5.02 Å². The Morgan fingerprint density at radius 3 is 2.44 bits per heavy atom. The van der Waals surface area contributed by atoms with E-state index >= 15 is 0 Å². The Kier molecular flexibility index (Phi) is 6.20. The molecule has 0 bridgehead atoms. The quantitative estimate of drug-likeness (QED) is 0.208. The number of benzene rings is 3. The van der Waals surface area contributed by atoms with Gasteiger partial charge >= 0.3 is 5.97 Å². The SMILES string of the molecule is COc1ccc(-c2oc3ccc(Cl)cc3c(=O)c2OC(=O)c2ccccc2[N+](=O)[O-])cc1OC. The Balaban J connectivity index is 1.93. The van der Waals surface area contributed by atoms with E-state index < -0.39 is 27.8 Å². The Morgan fingerprint density at radius 2 is 1.74 bits per heavy atom. The van der Waals surface area contributed by atoms with Crippen LogP contribution >= 0.6 is 11.6 Å². The number of hydrogen-bond acceptors (Lipinski definition) is 8. The number of para-hydroxylation sites is 1.